The Morgan fingerprint density at radius 3 is 2.38 bits per heavy atom. The topological polar surface area (TPSA) is 38.5 Å². The largest absolute Gasteiger partial charge is 0.393 e. The number of nitrogens with two attached hydrogens (primary N) is 1. The van der Waals surface area contributed by atoms with Crippen molar-refractivity contribution in [2.24, 2.45) is 11.1 Å². The van der Waals surface area contributed by atoms with Gasteiger partial charge in [-0.1, -0.05) is 12.2 Å². The quantitative estimate of drug-likeness (QED) is 0.759. The highest BCUT2D eigenvalue weighted by atomic mass is 32.1. The van der Waals surface area contributed by atoms with E-state index in [1.54, 1.807) is 0 Å². The van der Waals surface area contributed by atoms with Crippen molar-refractivity contribution in [3.63, 3.8) is 0 Å². The van der Waals surface area contributed by atoms with Gasteiger partial charge >= 0.3 is 0 Å². The number of nitrogens with zero attached hydrogens (tertiary/aromatic N) is 1. The molecule has 2 rings (SSSR count). The fraction of sp³-hybridized carbons (Fsp3) is 0.917. The van der Waals surface area contributed by atoms with E-state index in [9.17, 15) is 0 Å². The summed E-state index contributed by atoms with van der Waals surface area (Å²) in [5.41, 5.74) is 6.07. The lowest BCUT2D eigenvalue weighted by molar-refractivity contribution is -0.0723. The third-order valence-electron chi connectivity index (χ3n) is 3.56. The van der Waals surface area contributed by atoms with Crippen LogP contribution < -0.4 is 5.73 Å². The van der Waals surface area contributed by atoms with E-state index in [-0.39, 0.29) is 0 Å². The molecule has 0 aromatic rings. The maximum atomic E-state index is 5.74. The Balaban J connectivity index is 1.87. The van der Waals surface area contributed by atoms with Gasteiger partial charge in [0.25, 0.3) is 0 Å². The van der Waals surface area contributed by atoms with Crippen LogP contribution in [-0.4, -0.2) is 41.7 Å². The molecule has 0 spiro atoms. The predicted octanol–water partition coefficient (Wildman–Crippen LogP) is 1.55. The second kappa shape index (κ2) is 4.59. The fourth-order valence-corrected chi connectivity index (χ4v) is 3.13. The highest BCUT2D eigenvalue weighted by Gasteiger charge is 2.44. The van der Waals surface area contributed by atoms with Crippen molar-refractivity contribution in [1.82, 2.24) is 4.90 Å². The van der Waals surface area contributed by atoms with Crippen LogP contribution in [0.5, 0.6) is 0 Å². The standard InChI is InChI=1S/C12H22N2OS/c1-9-6-14(7-10(2)15-9)8-12(3-4-12)5-11(13)16/h9-10H,3-8H2,1-2H3,(H2,13,16)/t9-,10+. The van der Waals surface area contributed by atoms with Crippen LogP contribution in [0, 0.1) is 5.41 Å². The average Bonchev–Trinajstić information content (AvgIpc) is 2.80. The summed E-state index contributed by atoms with van der Waals surface area (Å²) in [6.07, 6.45) is 4.19. The lowest BCUT2D eigenvalue weighted by Crippen LogP contribution is -2.47. The van der Waals surface area contributed by atoms with E-state index in [2.05, 4.69) is 18.7 Å². The Bertz CT molecular complexity index is 268. The number of ether oxygens (including phenoxy) is 1. The molecule has 0 amide bonds. The molecular formula is C12H22N2OS. The third-order valence-corrected chi connectivity index (χ3v) is 3.70. The zero-order valence-corrected chi connectivity index (χ0v) is 11.1. The molecule has 0 radical (unpaired) electrons. The molecule has 1 saturated carbocycles. The Kier molecular flexibility index (Phi) is 3.52. The van der Waals surface area contributed by atoms with E-state index in [1.807, 2.05) is 0 Å². The molecule has 1 aliphatic carbocycles. The molecule has 1 aliphatic heterocycles. The summed E-state index contributed by atoms with van der Waals surface area (Å²) in [5, 5.41) is 0. The molecule has 16 heavy (non-hydrogen) atoms. The smallest absolute Gasteiger partial charge is 0.0733 e. The first kappa shape index (κ1) is 12.3. The summed E-state index contributed by atoms with van der Waals surface area (Å²) >= 11 is 5.03. The van der Waals surface area contributed by atoms with E-state index < -0.39 is 0 Å². The molecule has 0 unspecified atom stereocenters. The molecule has 1 saturated heterocycles. The van der Waals surface area contributed by atoms with Crippen molar-refractivity contribution in [3.05, 3.63) is 0 Å². The number of rotatable bonds is 4. The molecule has 4 heteroatoms. The number of hydrogen-bond donors (Lipinski definition) is 1. The maximum absolute atomic E-state index is 5.74. The first-order valence-electron chi connectivity index (χ1n) is 6.15. The van der Waals surface area contributed by atoms with Gasteiger partial charge in [-0.15, -0.1) is 0 Å². The Morgan fingerprint density at radius 2 is 1.94 bits per heavy atom. The molecular weight excluding hydrogens is 220 g/mol. The second-order valence-corrected chi connectivity index (χ2v) is 6.12. The molecule has 2 aliphatic rings. The number of hydrogen-bond acceptors (Lipinski definition) is 3. The molecule has 0 bridgehead atoms. The fourth-order valence-electron chi connectivity index (χ4n) is 2.83. The van der Waals surface area contributed by atoms with Gasteiger partial charge in [-0.25, -0.2) is 0 Å². The summed E-state index contributed by atoms with van der Waals surface area (Å²) in [7, 11) is 0. The highest BCUT2D eigenvalue weighted by Crippen LogP contribution is 2.49. The first-order chi connectivity index (χ1) is 7.49. The van der Waals surface area contributed by atoms with Crippen LogP contribution in [0.3, 0.4) is 0 Å². The Morgan fingerprint density at radius 1 is 1.38 bits per heavy atom. The first-order valence-corrected chi connectivity index (χ1v) is 6.56. The Labute approximate surface area is 103 Å². The minimum absolute atomic E-state index is 0.351. The van der Waals surface area contributed by atoms with Crippen LogP contribution in [0.2, 0.25) is 0 Å². The summed E-state index contributed by atoms with van der Waals surface area (Å²) in [6, 6.07) is 0. The van der Waals surface area contributed by atoms with Crippen molar-refractivity contribution in [1.29, 1.82) is 0 Å². The lowest BCUT2D eigenvalue weighted by Gasteiger charge is -2.37. The van der Waals surface area contributed by atoms with E-state index >= 15 is 0 Å². The molecule has 3 nitrogen and oxygen atoms in total. The van der Waals surface area contributed by atoms with E-state index in [1.165, 1.54) is 12.8 Å². The molecule has 0 aromatic heterocycles. The summed E-state index contributed by atoms with van der Waals surface area (Å²) < 4.78 is 5.74. The monoisotopic (exact) mass is 242 g/mol. The molecule has 2 atom stereocenters. The van der Waals surface area contributed by atoms with E-state index in [4.69, 9.17) is 22.7 Å². The second-order valence-electron chi connectivity index (χ2n) is 5.59. The van der Waals surface area contributed by atoms with Crippen molar-refractivity contribution in [2.45, 2.75) is 45.3 Å². The zero-order valence-electron chi connectivity index (χ0n) is 10.2. The van der Waals surface area contributed by atoms with Gasteiger partial charge < -0.3 is 10.5 Å². The van der Waals surface area contributed by atoms with Crippen LogP contribution in [0.25, 0.3) is 0 Å². The van der Waals surface area contributed by atoms with Crippen LogP contribution in [-0.2, 0) is 4.74 Å². The van der Waals surface area contributed by atoms with Crippen LogP contribution >= 0.6 is 12.2 Å². The molecule has 2 fully saturated rings. The highest BCUT2D eigenvalue weighted by molar-refractivity contribution is 7.80. The van der Waals surface area contributed by atoms with Gasteiger partial charge in [0.15, 0.2) is 0 Å². The van der Waals surface area contributed by atoms with E-state index in [0.29, 0.717) is 22.6 Å². The number of morpholine rings is 1. The average molecular weight is 242 g/mol. The van der Waals surface area contributed by atoms with Crippen LogP contribution in [0.1, 0.15) is 33.1 Å². The van der Waals surface area contributed by atoms with Gasteiger partial charge in [-0.3, -0.25) is 4.90 Å². The van der Waals surface area contributed by atoms with Crippen LogP contribution in [0.4, 0.5) is 0 Å². The molecule has 1 heterocycles. The van der Waals surface area contributed by atoms with Crippen molar-refractivity contribution >= 4 is 17.2 Å². The predicted molar refractivity (Wildman–Crippen MR) is 69.5 cm³/mol. The summed E-state index contributed by atoms with van der Waals surface area (Å²) in [4.78, 5) is 3.19. The van der Waals surface area contributed by atoms with Crippen LogP contribution in [0.15, 0.2) is 0 Å². The Hall–Kier alpha value is -0.190. The number of thiocarbonyl (C=S) groups is 1. The molecule has 92 valence electrons. The van der Waals surface area contributed by atoms with Crippen molar-refractivity contribution in [3.8, 4) is 0 Å². The lowest BCUT2D eigenvalue weighted by atomic mass is 10.0. The van der Waals surface area contributed by atoms with Gasteiger partial charge in [-0.05, 0) is 32.1 Å². The minimum atomic E-state index is 0.351. The van der Waals surface area contributed by atoms with Crippen molar-refractivity contribution in [2.75, 3.05) is 19.6 Å². The van der Waals surface area contributed by atoms with Gasteiger partial charge in [0.05, 0.1) is 17.2 Å². The van der Waals surface area contributed by atoms with E-state index in [0.717, 1.165) is 26.1 Å². The summed E-state index contributed by atoms with van der Waals surface area (Å²) in [5.74, 6) is 0. The minimum Gasteiger partial charge on any atom is -0.393 e. The zero-order chi connectivity index (χ0) is 11.8. The van der Waals surface area contributed by atoms with Gasteiger partial charge in [0.2, 0.25) is 0 Å². The van der Waals surface area contributed by atoms with Gasteiger partial charge in [0, 0.05) is 26.1 Å². The maximum Gasteiger partial charge on any atom is 0.0733 e. The van der Waals surface area contributed by atoms with Crippen molar-refractivity contribution < 1.29 is 4.74 Å². The molecule has 0 aromatic carbocycles. The SMILES string of the molecule is C[C@@H]1CN(CC2(CC(N)=S)CC2)C[C@H](C)O1. The van der Waals surface area contributed by atoms with Gasteiger partial charge in [-0.2, -0.15) is 0 Å². The summed E-state index contributed by atoms with van der Waals surface area (Å²) in [6.45, 7) is 7.53. The third kappa shape index (κ3) is 3.15. The molecule has 2 N–H and O–H groups in total. The normalized spacial score (nSPS) is 33.6. The van der Waals surface area contributed by atoms with Gasteiger partial charge in [0.1, 0.15) is 0 Å².